The number of hydrogen-bond acceptors (Lipinski definition) is 0. The van der Waals surface area contributed by atoms with Crippen molar-refractivity contribution in [1.29, 1.82) is 0 Å². The molecule has 0 heterocycles. The third kappa shape index (κ3) is 13.2. The average Bonchev–Trinajstić information content (AvgIpc) is 2.21. The lowest BCUT2D eigenvalue weighted by molar-refractivity contribution is 0.656. The van der Waals surface area contributed by atoms with Gasteiger partial charge in [0.25, 0.3) is 0 Å². The minimum absolute atomic E-state index is 0. The van der Waals surface area contributed by atoms with Crippen LogP contribution in [0.25, 0.3) is 0 Å². The van der Waals surface area contributed by atoms with Gasteiger partial charge in [0.15, 0.2) is 0 Å². The molecule has 0 nitrogen and oxygen atoms in total. The highest BCUT2D eigenvalue weighted by molar-refractivity contribution is 5.11. The van der Waals surface area contributed by atoms with E-state index in [0.717, 1.165) is 0 Å². The van der Waals surface area contributed by atoms with Gasteiger partial charge in [-0.25, -0.2) is 0 Å². The minimum Gasteiger partial charge on any atom is -0.0776 e. The molecule has 1 aromatic carbocycles. The Hall–Kier alpha value is -0.780. The number of unbranched alkanes of at least 4 members (excludes halogenated alkanes) is 4. The van der Waals surface area contributed by atoms with Gasteiger partial charge in [0.05, 0.1) is 0 Å². The predicted molar refractivity (Wildman–Crippen MR) is 72.3 cm³/mol. The van der Waals surface area contributed by atoms with Gasteiger partial charge in [0, 0.05) is 0 Å². The van der Waals surface area contributed by atoms with Crippen LogP contribution in [0.5, 0.6) is 0 Å². The van der Waals surface area contributed by atoms with Gasteiger partial charge in [-0.1, -0.05) is 89.3 Å². The van der Waals surface area contributed by atoms with Crippen LogP contribution in [0, 0.1) is 6.92 Å². The molecule has 1 aromatic rings. The third-order valence-electron chi connectivity index (χ3n) is 2.15. The van der Waals surface area contributed by atoms with E-state index in [2.05, 4.69) is 32.9 Å². The van der Waals surface area contributed by atoms with Gasteiger partial charge in [-0.2, -0.15) is 0 Å². The fraction of sp³-hybridized carbons (Fsp3) is 0.600. The standard InChI is InChI=1S/C7H8.C7H16.CH4/c1-7-5-3-2-4-6-7;1-3-5-7-6-4-2;/h2-6H,1H3;3-7H2,1-2H3;1H4. The first kappa shape index (κ1) is 16.6. The van der Waals surface area contributed by atoms with Crippen molar-refractivity contribution in [3.05, 3.63) is 35.9 Å². The largest absolute Gasteiger partial charge is 0.0776 e. The molecular formula is C15H28. The highest BCUT2D eigenvalue weighted by atomic mass is 13.9. The van der Waals surface area contributed by atoms with Crippen LogP contribution < -0.4 is 0 Å². The highest BCUT2D eigenvalue weighted by Crippen LogP contribution is 2.00. The summed E-state index contributed by atoms with van der Waals surface area (Å²) in [7, 11) is 0. The van der Waals surface area contributed by atoms with E-state index in [-0.39, 0.29) is 7.43 Å². The van der Waals surface area contributed by atoms with Gasteiger partial charge in [0.2, 0.25) is 0 Å². The summed E-state index contributed by atoms with van der Waals surface area (Å²) in [6.07, 6.45) is 7.01. The van der Waals surface area contributed by atoms with Crippen molar-refractivity contribution in [2.24, 2.45) is 0 Å². The molecule has 0 spiro atoms. The fourth-order valence-corrected chi connectivity index (χ4v) is 1.21. The molecule has 0 aliphatic rings. The SMILES string of the molecule is C.CCCCCCC.Cc1ccccc1. The molecule has 1 rings (SSSR count). The molecule has 0 radical (unpaired) electrons. The molecule has 0 N–H and O–H groups in total. The van der Waals surface area contributed by atoms with E-state index in [9.17, 15) is 0 Å². The fourth-order valence-electron chi connectivity index (χ4n) is 1.21. The van der Waals surface area contributed by atoms with Crippen LogP contribution in [0.2, 0.25) is 0 Å². The summed E-state index contributed by atoms with van der Waals surface area (Å²) >= 11 is 0. The van der Waals surface area contributed by atoms with E-state index in [1.807, 2.05) is 18.2 Å². The van der Waals surface area contributed by atoms with Crippen LogP contribution >= 0.6 is 0 Å². The summed E-state index contributed by atoms with van der Waals surface area (Å²) in [6.45, 7) is 6.57. The van der Waals surface area contributed by atoms with Gasteiger partial charge < -0.3 is 0 Å². The molecule has 0 saturated heterocycles. The predicted octanol–water partition coefficient (Wildman–Crippen LogP) is 5.61. The molecule has 0 bridgehead atoms. The second-order valence-corrected chi connectivity index (χ2v) is 3.72. The maximum Gasteiger partial charge on any atom is -0.0398 e. The molecule has 0 aliphatic carbocycles. The van der Waals surface area contributed by atoms with Crippen LogP contribution in [-0.2, 0) is 0 Å². The molecule has 0 unspecified atom stereocenters. The molecule has 0 aliphatic heterocycles. The van der Waals surface area contributed by atoms with E-state index in [0.29, 0.717) is 0 Å². The molecular weight excluding hydrogens is 180 g/mol. The molecule has 0 atom stereocenters. The van der Waals surface area contributed by atoms with Crippen molar-refractivity contribution in [3.63, 3.8) is 0 Å². The Morgan fingerprint density at radius 3 is 1.53 bits per heavy atom. The van der Waals surface area contributed by atoms with Crippen molar-refractivity contribution < 1.29 is 0 Å². The zero-order chi connectivity index (χ0) is 10.6. The van der Waals surface area contributed by atoms with Crippen LogP contribution in [-0.4, -0.2) is 0 Å². The van der Waals surface area contributed by atoms with Crippen molar-refractivity contribution in [3.8, 4) is 0 Å². The highest BCUT2D eigenvalue weighted by Gasteiger charge is 1.80. The van der Waals surface area contributed by atoms with Crippen molar-refractivity contribution in [2.45, 2.75) is 60.3 Å². The normalized spacial score (nSPS) is 8.47. The molecule has 0 heteroatoms. The number of hydrogen-bond donors (Lipinski definition) is 0. The first-order valence-electron chi connectivity index (χ1n) is 5.82. The maximum absolute atomic E-state index is 2.25. The summed E-state index contributed by atoms with van der Waals surface area (Å²) < 4.78 is 0. The van der Waals surface area contributed by atoms with E-state index in [1.165, 1.54) is 37.7 Å². The Morgan fingerprint density at radius 1 is 0.800 bits per heavy atom. The third-order valence-corrected chi connectivity index (χ3v) is 2.15. The van der Waals surface area contributed by atoms with Crippen LogP contribution in [0.4, 0.5) is 0 Å². The van der Waals surface area contributed by atoms with E-state index < -0.39 is 0 Å². The van der Waals surface area contributed by atoms with Gasteiger partial charge in [0.1, 0.15) is 0 Å². The Morgan fingerprint density at radius 2 is 1.27 bits per heavy atom. The summed E-state index contributed by atoms with van der Waals surface area (Å²) in [6, 6.07) is 10.3. The summed E-state index contributed by atoms with van der Waals surface area (Å²) in [5, 5.41) is 0. The molecule has 0 fully saturated rings. The van der Waals surface area contributed by atoms with Gasteiger partial charge >= 0.3 is 0 Å². The first-order chi connectivity index (χ1) is 6.81. The van der Waals surface area contributed by atoms with E-state index in [1.54, 1.807) is 0 Å². The minimum atomic E-state index is 0. The van der Waals surface area contributed by atoms with Crippen LogP contribution in [0.1, 0.15) is 58.9 Å². The van der Waals surface area contributed by atoms with Gasteiger partial charge in [-0.15, -0.1) is 0 Å². The number of rotatable bonds is 4. The summed E-state index contributed by atoms with van der Waals surface area (Å²) in [5.41, 5.74) is 1.32. The molecule has 88 valence electrons. The summed E-state index contributed by atoms with van der Waals surface area (Å²) in [5.74, 6) is 0. The first-order valence-corrected chi connectivity index (χ1v) is 5.82. The monoisotopic (exact) mass is 208 g/mol. The Bertz CT molecular complexity index is 184. The second-order valence-electron chi connectivity index (χ2n) is 3.72. The summed E-state index contributed by atoms with van der Waals surface area (Å²) in [4.78, 5) is 0. The van der Waals surface area contributed by atoms with Gasteiger partial charge in [-0.3, -0.25) is 0 Å². The Kier molecular flexibility index (Phi) is 14.7. The zero-order valence-corrected chi connectivity index (χ0v) is 9.92. The molecule has 15 heavy (non-hydrogen) atoms. The maximum atomic E-state index is 2.25. The Labute approximate surface area is 96.7 Å². The Balaban J connectivity index is 0. The lowest BCUT2D eigenvalue weighted by Crippen LogP contribution is -1.70. The van der Waals surface area contributed by atoms with Crippen LogP contribution in [0.15, 0.2) is 30.3 Å². The quantitative estimate of drug-likeness (QED) is 0.564. The van der Waals surface area contributed by atoms with Gasteiger partial charge in [-0.05, 0) is 6.92 Å². The lowest BCUT2D eigenvalue weighted by Gasteiger charge is -1.90. The zero-order valence-electron chi connectivity index (χ0n) is 9.92. The average molecular weight is 208 g/mol. The van der Waals surface area contributed by atoms with Crippen LogP contribution in [0.3, 0.4) is 0 Å². The van der Waals surface area contributed by atoms with E-state index >= 15 is 0 Å². The lowest BCUT2D eigenvalue weighted by atomic mass is 10.2. The second kappa shape index (κ2) is 13.2. The number of aryl methyl sites for hydroxylation is 1. The molecule has 0 saturated carbocycles. The van der Waals surface area contributed by atoms with Crippen molar-refractivity contribution >= 4 is 0 Å². The molecule has 0 aromatic heterocycles. The van der Waals surface area contributed by atoms with Crippen molar-refractivity contribution in [2.75, 3.05) is 0 Å². The number of benzene rings is 1. The van der Waals surface area contributed by atoms with Crippen molar-refractivity contribution in [1.82, 2.24) is 0 Å². The topological polar surface area (TPSA) is 0 Å². The van der Waals surface area contributed by atoms with E-state index in [4.69, 9.17) is 0 Å². The smallest absolute Gasteiger partial charge is 0.0398 e. The molecule has 0 amide bonds.